The third-order valence-corrected chi connectivity index (χ3v) is 1.91. The zero-order valence-electron chi connectivity index (χ0n) is 6.97. The van der Waals surface area contributed by atoms with Crippen LogP contribution in [-0.4, -0.2) is 18.9 Å². The normalized spacial score (nSPS) is 10.9. The maximum Gasteiger partial charge on any atom is 0.357 e. The van der Waals surface area contributed by atoms with Gasteiger partial charge in [0.1, 0.15) is 0 Å². The Bertz CT molecular complexity index is 437. The van der Waals surface area contributed by atoms with Gasteiger partial charge in [-0.05, 0) is 24.3 Å². The van der Waals surface area contributed by atoms with E-state index in [1.165, 1.54) is 24.3 Å². The number of rotatable bonds is 3. The van der Waals surface area contributed by atoms with Crippen molar-refractivity contribution < 1.29 is 17.8 Å². The second-order valence-corrected chi connectivity index (χ2v) is 3.67. The third-order valence-electron chi connectivity index (χ3n) is 1.42. The van der Waals surface area contributed by atoms with Gasteiger partial charge in [-0.3, -0.25) is 14.1 Å². The molecule has 0 fully saturated rings. The maximum absolute atomic E-state index is 10.6. The van der Waals surface area contributed by atoms with Gasteiger partial charge in [-0.2, -0.15) is 8.42 Å². The van der Waals surface area contributed by atoms with Crippen molar-refractivity contribution in [2.75, 3.05) is 4.72 Å². The number of nitrogens with two attached hydrogens (primary N) is 1. The standard InChI is InChI=1S/C7H8N2O4S/c8-7(10)5-1-3-6(4-2-5)9-14(11,12)13/h1-4,9H,(H2,8,10)(H,11,12,13). The highest BCUT2D eigenvalue weighted by Gasteiger charge is 2.04. The van der Waals surface area contributed by atoms with E-state index in [0.29, 0.717) is 0 Å². The van der Waals surface area contributed by atoms with Gasteiger partial charge in [0, 0.05) is 5.56 Å². The maximum atomic E-state index is 10.6. The summed E-state index contributed by atoms with van der Waals surface area (Å²) in [4.78, 5) is 10.6. The molecule has 0 aliphatic carbocycles. The Hall–Kier alpha value is -1.60. The van der Waals surface area contributed by atoms with Gasteiger partial charge >= 0.3 is 10.3 Å². The summed E-state index contributed by atoms with van der Waals surface area (Å²) in [6, 6.07) is 5.31. The number of hydrogen-bond acceptors (Lipinski definition) is 3. The SMILES string of the molecule is NC(=O)c1ccc(NS(=O)(=O)O)cc1. The molecule has 0 saturated carbocycles. The number of benzene rings is 1. The molecular formula is C7H8N2O4S. The van der Waals surface area contributed by atoms with Crippen molar-refractivity contribution in [1.82, 2.24) is 0 Å². The number of carbonyl (C=O) groups is 1. The summed E-state index contributed by atoms with van der Waals surface area (Å²) < 4.78 is 31.0. The van der Waals surface area contributed by atoms with Crippen molar-refractivity contribution >= 4 is 21.9 Å². The molecule has 7 heteroatoms. The largest absolute Gasteiger partial charge is 0.366 e. The number of hydrogen-bond donors (Lipinski definition) is 3. The minimum absolute atomic E-state index is 0.150. The number of primary amides is 1. The van der Waals surface area contributed by atoms with Gasteiger partial charge in [-0.25, -0.2) is 0 Å². The smallest absolute Gasteiger partial charge is 0.357 e. The van der Waals surface area contributed by atoms with E-state index in [1.807, 2.05) is 4.72 Å². The fourth-order valence-electron chi connectivity index (χ4n) is 0.851. The summed E-state index contributed by atoms with van der Waals surface area (Å²) in [5, 5.41) is 0. The first-order chi connectivity index (χ1) is 6.38. The van der Waals surface area contributed by atoms with Crippen molar-refractivity contribution in [2.45, 2.75) is 0 Å². The molecule has 0 aromatic heterocycles. The van der Waals surface area contributed by atoms with Crippen molar-refractivity contribution in [3.05, 3.63) is 29.8 Å². The van der Waals surface area contributed by atoms with Crippen LogP contribution in [0, 0.1) is 0 Å². The first-order valence-corrected chi connectivity index (χ1v) is 4.97. The van der Waals surface area contributed by atoms with E-state index in [4.69, 9.17) is 10.3 Å². The van der Waals surface area contributed by atoms with Gasteiger partial charge in [-0.1, -0.05) is 0 Å². The van der Waals surface area contributed by atoms with Gasteiger partial charge in [0.2, 0.25) is 5.91 Å². The summed E-state index contributed by atoms with van der Waals surface area (Å²) in [6.45, 7) is 0. The molecule has 0 bridgehead atoms. The average Bonchev–Trinajstić information content (AvgIpc) is 2.02. The Morgan fingerprint density at radius 3 is 2.14 bits per heavy atom. The Morgan fingerprint density at radius 1 is 1.29 bits per heavy atom. The highest BCUT2D eigenvalue weighted by Crippen LogP contribution is 2.09. The second kappa shape index (κ2) is 3.64. The number of amides is 1. The molecule has 4 N–H and O–H groups in total. The topological polar surface area (TPSA) is 109 Å². The molecule has 0 radical (unpaired) electrons. The van der Waals surface area contributed by atoms with Gasteiger partial charge < -0.3 is 5.73 Å². The molecule has 0 saturated heterocycles. The lowest BCUT2D eigenvalue weighted by Gasteiger charge is -2.02. The van der Waals surface area contributed by atoms with E-state index in [2.05, 4.69) is 0 Å². The molecule has 0 heterocycles. The van der Waals surface area contributed by atoms with Crippen LogP contribution in [0.4, 0.5) is 5.69 Å². The van der Waals surface area contributed by atoms with Crippen LogP contribution in [0.5, 0.6) is 0 Å². The van der Waals surface area contributed by atoms with E-state index in [-0.39, 0.29) is 11.3 Å². The van der Waals surface area contributed by atoms with E-state index in [1.54, 1.807) is 0 Å². The molecule has 6 nitrogen and oxygen atoms in total. The zero-order chi connectivity index (χ0) is 10.8. The predicted octanol–water partition coefficient (Wildman–Crippen LogP) is 0.000200. The minimum atomic E-state index is -4.28. The molecular weight excluding hydrogens is 208 g/mol. The van der Waals surface area contributed by atoms with Gasteiger partial charge in [0.05, 0.1) is 5.69 Å². The lowest BCUT2D eigenvalue weighted by atomic mass is 10.2. The summed E-state index contributed by atoms with van der Waals surface area (Å²) in [5.41, 5.74) is 5.37. The van der Waals surface area contributed by atoms with Crippen LogP contribution in [-0.2, 0) is 10.3 Å². The molecule has 0 aliphatic rings. The molecule has 0 spiro atoms. The van der Waals surface area contributed by atoms with E-state index < -0.39 is 16.2 Å². The quantitative estimate of drug-likeness (QED) is 0.617. The number of carbonyl (C=O) groups excluding carboxylic acids is 1. The van der Waals surface area contributed by atoms with Crippen molar-refractivity contribution in [3.8, 4) is 0 Å². The second-order valence-electron chi connectivity index (χ2n) is 2.52. The highest BCUT2D eigenvalue weighted by molar-refractivity contribution is 7.87. The van der Waals surface area contributed by atoms with Crippen LogP contribution in [0.25, 0.3) is 0 Å². The molecule has 76 valence electrons. The summed E-state index contributed by atoms with van der Waals surface area (Å²) in [7, 11) is -4.28. The predicted molar refractivity (Wildman–Crippen MR) is 50.1 cm³/mol. The third kappa shape index (κ3) is 3.04. The van der Waals surface area contributed by atoms with Crippen LogP contribution in [0.2, 0.25) is 0 Å². The minimum Gasteiger partial charge on any atom is -0.366 e. The lowest BCUT2D eigenvalue weighted by molar-refractivity contribution is 0.100. The molecule has 1 amide bonds. The Morgan fingerprint density at radius 2 is 1.79 bits per heavy atom. The molecule has 14 heavy (non-hydrogen) atoms. The van der Waals surface area contributed by atoms with E-state index in [0.717, 1.165) is 0 Å². The summed E-state index contributed by atoms with van der Waals surface area (Å²) in [6.07, 6.45) is 0. The van der Waals surface area contributed by atoms with Gasteiger partial charge in [0.15, 0.2) is 0 Å². The summed E-state index contributed by atoms with van der Waals surface area (Å²) >= 11 is 0. The Kier molecular flexibility index (Phi) is 2.73. The number of nitrogens with one attached hydrogen (secondary N) is 1. The summed E-state index contributed by atoms with van der Waals surface area (Å²) in [5.74, 6) is -0.608. The Balaban J connectivity index is 2.90. The van der Waals surface area contributed by atoms with Gasteiger partial charge in [0.25, 0.3) is 0 Å². The molecule has 0 atom stereocenters. The average molecular weight is 216 g/mol. The van der Waals surface area contributed by atoms with Gasteiger partial charge in [-0.15, -0.1) is 0 Å². The molecule has 1 aromatic carbocycles. The fourth-order valence-corrected chi connectivity index (χ4v) is 1.29. The lowest BCUT2D eigenvalue weighted by Crippen LogP contribution is -2.12. The molecule has 1 aromatic rings. The molecule has 1 rings (SSSR count). The van der Waals surface area contributed by atoms with Crippen molar-refractivity contribution in [2.24, 2.45) is 5.73 Å². The molecule has 0 unspecified atom stereocenters. The van der Waals surface area contributed by atoms with Crippen LogP contribution >= 0.6 is 0 Å². The van der Waals surface area contributed by atoms with Crippen LogP contribution < -0.4 is 10.5 Å². The van der Waals surface area contributed by atoms with Crippen LogP contribution in [0.15, 0.2) is 24.3 Å². The first kappa shape index (κ1) is 10.5. The van der Waals surface area contributed by atoms with Crippen molar-refractivity contribution in [3.63, 3.8) is 0 Å². The van der Waals surface area contributed by atoms with E-state index >= 15 is 0 Å². The fraction of sp³-hybridized carbons (Fsp3) is 0. The highest BCUT2D eigenvalue weighted by atomic mass is 32.2. The number of anilines is 1. The van der Waals surface area contributed by atoms with Crippen LogP contribution in [0.3, 0.4) is 0 Å². The van der Waals surface area contributed by atoms with Crippen LogP contribution in [0.1, 0.15) is 10.4 Å². The van der Waals surface area contributed by atoms with E-state index in [9.17, 15) is 13.2 Å². The molecule has 0 aliphatic heterocycles. The first-order valence-electron chi connectivity index (χ1n) is 3.53. The monoisotopic (exact) mass is 216 g/mol. The Labute approximate surface area is 80.6 Å². The van der Waals surface area contributed by atoms with Crippen molar-refractivity contribution in [1.29, 1.82) is 0 Å². The zero-order valence-corrected chi connectivity index (χ0v) is 7.78.